The average Bonchev–Trinajstić information content (AvgIpc) is 3.47. The standard InChI is InChI=1S/C42H41N2O/c1-28-15-17-31-39-37(14-11-24-43-39)45-40(31)38(28)36-27-30(19-25-44(36)2)29-16-18-34-35(26-29)42(22-9-4-10-23-42)33-13-6-5-12-32(33)41(34)20-7-3-8-21-41/h5-6,11-19,24-27H,3-4,7-10,20-23H2,1-2H3/q+1. The summed E-state index contributed by atoms with van der Waals surface area (Å²) in [4.78, 5) is 4.66. The van der Waals surface area contributed by atoms with Gasteiger partial charge in [0.1, 0.15) is 12.6 Å². The summed E-state index contributed by atoms with van der Waals surface area (Å²) in [6.45, 7) is 2.19. The van der Waals surface area contributed by atoms with Crippen LogP contribution in [0.25, 0.3) is 44.5 Å². The molecular formula is C42H41N2O+. The van der Waals surface area contributed by atoms with E-state index in [0.29, 0.717) is 0 Å². The van der Waals surface area contributed by atoms with Crippen LogP contribution in [-0.4, -0.2) is 4.98 Å². The minimum Gasteiger partial charge on any atom is -0.453 e. The van der Waals surface area contributed by atoms with Crippen LogP contribution in [0.15, 0.2) is 95.7 Å². The number of furan rings is 1. The lowest BCUT2D eigenvalue weighted by Crippen LogP contribution is -2.44. The minimum absolute atomic E-state index is 0.120. The molecule has 0 unspecified atom stereocenters. The zero-order valence-corrected chi connectivity index (χ0v) is 26.5. The fourth-order valence-corrected chi connectivity index (χ4v) is 9.61. The van der Waals surface area contributed by atoms with Gasteiger partial charge in [-0.3, -0.25) is 4.98 Å². The van der Waals surface area contributed by atoms with E-state index in [4.69, 9.17) is 4.42 Å². The highest BCUT2D eigenvalue weighted by Gasteiger charge is 2.50. The molecule has 9 rings (SSSR count). The zero-order chi connectivity index (χ0) is 30.2. The summed E-state index contributed by atoms with van der Waals surface area (Å²) < 4.78 is 8.73. The summed E-state index contributed by atoms with van der Waals surface area (Å²) in [6, 6.07) is 30.2. The van der Waals surface area contributed by atoms with Crippen molar-refractivity contribution in [2.24, 2.45) is 7.05 Å². The van der Waals surface area contributed by atoms with Gasteiger partial charge >= 0.3 is 0 Å². The maximum absolute atomic E-state index is 6.49. The molecule has 3 aromatic heterocycles. The van der Waals surface area contributed by atoms with Gasteiger partial charge in [-0.2, -0.15) is 0 Å². The first kappa shape index (κ1) is 27.1. The number of benzene rings is 3. The van der Waals surface area contributed by atoms with E-state index in [0.717, 1.165) is 33.3 Å². The molecule has 2 saturated carbocycles. The van der Waals surface area contributed by atoms with Crippen LogP contribution >= 0.6 is 0 Å². The molecular weight excluding hydrogens is 548 g/mol. The molecule has 0 saturated heterocycles. The van der Waals surface area contributed by atoms with Crippen LogP contribution in [0.3, 0.4) is 0 Å². The first-order valence-corrected chi connectivity index (χ1v) is 17.1. The number of pyridine rings is 2. The van der Waals surface area contributed by atoms with Crippen molar-refractivity contribution in [1.82, 2.24) is 4.98 Å². The second kappa shape index (κ2) is 10.1. The smallest absolute Gasteiger partial charge is 0.216 e. The molecule has 0 atom stereocenters. The molecule has 3 nitrogen and oxygen atoms in total. The SMILES string of the molecule is Cc1ccc2c(oc3cccnc32)c1-c1cc(-c2ccc3c(c2)C2(CCCCC2)c2ccccc2C32CCCCC2)cc[n+]1C. The molecule has 3 heteroatoms. The number of nitrogens with zero attached hydrogens (tertiary/aromatic N) is 2. The molecule has 3 heterocycles. The summed E-state index contributed by atoms with van der Waals surface area (Å²) in [6.07, 6.45) is 17.1. The summed E-state index contributed by atoms with van der Waals surface area (Å²) in [7, 11) is 2.14. The molecule has 224 valence electrons. The predicted molar refractivity (Wildman–Crippen MR) is 182 cm³/mol. The van der Waals surface area contributed by atoms with Crippen LogP contribution in [-0.2, 0) is 17.9 Å². The summed E-state index contributed by atoms with van der Waals surface area (Å²) in [5.74, 6) is 0. The van der Waals surface area contributed by atoms with Crippen LogP contribution in [0.4, 0.5) is 0 Å². The Kier molecular flexibility index (Phi) is 6.11. The van der Waals surface area contributed by atoms with Crippen molar-refractivity contribution in [2.45, 2.75) is 82.0 Å². The molecule has 3 aliphatic rings. The Morgan fingerprint density at radius 3 is 2.07 bits per heavy atom. The number of hydrogen-bond acceptors (Lipinski definition) is 2. The van der Waals surface area contributed by atoms with Gasteiger partial charge in [0.2, 0.25) is 5.69 Å². The molecule has 45 heavy (non-hydrogen) atoms. The van der Waals surface area contributed by atoms with E-state index in [-0.39, 0.29) is 10.8 Å². The molecule has 0 aliphatic heterocycles. The van der Waals surface area contributed by atoms with E-state index in [1.807, 2.05) is 18.3 Å². The van der Waals surface area contributed by atoms with Gasteiger partial charge < -0.3 is 4.42 Å². The number of hydrogen-bond donors (Lipinski definition) is 0. The van der Waals surface area contributed by atoms with Crippen molar-refractivity contribution >= 4 is 22.1 Å². The Hall–Kier alpha value is -4.24. The van der Waals surface area contributed by atoms with Gasteiger partial charge in [-0.15, -0.1) is 0 Å². The van der Waals surface area contributed by atoms with Gasteiger partial charge in [0.25, 0.3) is 0 Å². The summed E-state index contributed by atoms with van der Waals surface area (Å²) >= 11 is 0. The topological polar surface area (TPSA) is 29.9 Å². The fourth-order valence-electron chi connectivity index (χ4n) is 9.61. The van der Waals surface area contributed by atoms with Crippen molar-refractivity contribution in [3.8, 4) is 22.4 Å². The molecule has 6 aromatic rings. The Morgan fingerprint density at radius 2 is 1.33 bits per heavy atom. The highest BCUT2D eigenvalue weighted by Crippen LogP contribution is 2.59. The third-order valence-corrected chi connectivity index (χ3v) is 11.8. The molecule has 2 spiro atoms. The Labute approximate surface area is 266 Å². The van der Waals surface area contributed by atoms with Crippen molar-refractivity contribution in [3.05, 3.63) is 119 Å². The van der Waals surface area contributed by atoms with Gasteiger partial charge in [-0.1, -0.05) is 81.0 Å². The maximum Gasteiger partial charge on any atom is 0.216 e. The lowest BCUT2D eigenvalue weighted by Gasteiger charge is -2.52. The zero-order valence-electron chi connectivity index (χ0n) is 26.5. The van der Waals surface area contributed by atoms with Gasteiger partial charge in [0, 0.05) is 34.5 Å². The quantitative estimate of drug-likeness (QED) is 0.188. The number of fused-ring (bicyclic) bond motifs is 9. The normalized spacial score (nSPS) is 18.4. The Balaban J connectivity index is 1.25. The second-order valence-electron chi connectivity index (χ2n) is 14.1. The number of aromatic nitrogens is 2. The van der Waals surface area contributed by atoms with E-state index in [1.165, 1.54) is 80.9 Å². The third kappa shape index (κ3) is 3.89. The largest absolute Gasteiger partial charge is 0.453 e. The van der Waals surface area contributed by atoms with Crippen molar-refractivity contribution < 1.29 is 8.98 Å². The van der Waals surface area contributed by atoms with Crippen LogP contribution < -0.4 is 4.57 Å². The molecule has 0 N–H and O–H groups in total. The Morgan fingerprint density at radius 1 is 0.667 bits per heavy atom. The monoisotopic (exact) mass is 589 g/mol. The molecule has 0 radical (unpaired) electrons. The van der Waals surface area contributed by atoms with Crippen LogP contribution in [0.1, 0.15) is 92.0 Å². The molecule has 0 amide bonds. The van der Waals surface area contributed by atoms with E-state index in [9.17, 15) is 0 Å². The average molecular weight is 590 g/mol. The Bertz CT molecular complexity index is 2110. The first-order chi connectivity index (χ1) is 22.1. The number of aryl methyl sites for hydroxylation is 2. The predicted octanol–water partition coefficient (Wildman–Crippen LogP) is 10.3. The van der Waals surface area contributed by atoms with E-state index >= 15 is 0 Å². The fraction of sp³-hybridized carbons (Fsp3) is 0.333. The lowest BCUT2D eigenvalue weighted by atomic mass is 9.51. The number of rotatable bonds is 2. The van der Waals surface area contributed by atoms with Gasteiger partial charge in [0.15, 0.2) is 17.4 Å². The molecule has 3 aromatic carbocycles. The maximum atomic E-state index is 6.49. The first-order valence-electron chi connectivity index (χ1n) is 17.1. The van der Waals surface area contributed by atoms with Gasteiger partial charge in [-0.05, 0) is 95.8 Å². The van der Waals surface area contributed by atoms with Crippen LogP contribution in [0, 0.1) is 6.92 Å². The highest BCUT2D eigenvalue weighted by molar-refractivity contribution is 6.07. The van der Waals surface area contributed by atoms with Gasteiger partial charge in [0.05, 0.1) is 5.56 Å². The van der Waals surface area contributed by atoms with Crippen LogP contribution in [0.2, 0.25) is 0 Å². The lowest BCUT2D eigenvalue weighted by molar-refractivity contribution is -0.660. The van der Waals surface area contributed by atoms with E-state index in [2.05, 4.69) is 96.4 Å². The van der Waals surface area contributed by atoms with E-state index < -0.39 is 0 Å². The van der Waals surface area contributed by atoms with Gasteiger partial charge in [-0.25, -0.2) is 4.57 Å². The van der Waals surface area contributed by atoms with Crippen LogP contribution in [0.5, 0.6) is 0 Å². The summed E-state index contributed by atoms with van der Waals surface area (Å²) in [5, 5.41) is 1.07. The third-order valence-electron chi connectivity index (χ3n) is 11.8. The van der Waals surface area contributed by atoms with Crippen molar-refractivity contribution in [1.29, 1.82) is 0 Å². The highest BCUT2D eigenvalue weighted by atomic mass is 16.3. The minimum atomic E-state index is 0.120. The summed E-state index contributed by atoms with van der Waals surface area (Å²) in [5.41, 5.74) is 15.6. The van der Waals surface area contributed by atoms with E-state index in [1.54, 1.807) is 22.3 Å². The molecule has 2 fully saturated rings. The second-order valence-corrected chi connectivity index (χ2v) is 14.1. The molecule has 3 aliphatic carbocycles. The molecule has 0 bridgehead atoms. The van der Waals surface area contributed by atoms with Crippen molar-refractivity contribution in [3.63, 3.8) is 0 Å². The van der Waals surface area contributed by atoms with Crippen molar-refractivity contribution in [2.75, 3.05) is 0 Å².